The lowest BCUT2D eigenvalue weighted by atomic mass is 10.1. The summed E-state index contributed by atoms with van der Waals surface area (Å²) in [5, 5.41) is 0.769. The van der Waals surface area contributed by atoms with E-state index < -0.39 is 0 Å². The number of halogens is 1. The zero-order valence-electron chi connectivity index (χ0n) is 15.6. The maximum Gasteiger partial charge on any atom is 0.270 e. The third kappa shape index (κ3) is 3.37. The van der Waals surface area contributed by atoms with Crippen molar-refractivity contribution in [3.63, 3.8) is 0 Å². The Hall–Kier alpha value is -1.88. The molecule has 2 heterocycles. The molecule has 0 bridgehead atoms. The molecule has 1 saturated carbocycles. The summed E-state index contributed by atoms with van der Waals surface area (Å²) in [5.74, 6) is 0.359. The third-order valence-electron chi connectivity index (χ3n) is 5.73. The number of carbonyl (C=O) groups is 1. The molecule has 5 heteroatoms. The average Bonchev–Trinajstić information content (AvgIpc) is 3.44. The van der Waals surface area contributed by atoms with E-state index in [0.29, 0.717) is 24.7 Å². The molecular formula is C21H27FN2O2. The summed E-state index contributed by atoms with van der Waals surface area (Å²) in [6.45, 7) is 3.50. The van der Waals surface area contributed by atoms with Crippen LogP contribution in [-0.4, -0.2) is 40.7 Å². The highest BCUT2D eigenvalue weighted by atomic mass is 19.1. The molecule has 4 rings (SSSR count). The van der Waals surface area contributed by atoms with Crippen molar-refractivity contribution in [2.75, 3.05) is 13.1 Å². The van der Waals surface area contributed by atoms with E-state index in [9.17, 15) is 9.18 Å². The average molecular weight is 358 g/mol. The summed E-state index contributed by atoms with van der Waals surface area (Å²) in [6.07, 6.45) is 5.98. The lowest BCUT2D eigenvalue weighted by Gasteiger charge is -2.38. The molecule has 2 atom stereocenters. The lowest BCUT2D eigenvalue weighted by Crippen LogP contribution is -2.51. The first-order valence-electron chi connectivity index (χ1n) is 9.76. The Morgan fingerprint density at radius 2 is 2.08 bits per heavy atom. The first kappa shape index (κ1) is 17.5. The Labute approximate surface area is 153 Å². The molecule has 2 aromatic rings. The van der Waals surface area contributed by atoms with E-state index in [2.05, 4.69) is 6.92 Å². The summed E-state index contributed by atoms with van der Waals surface area (Å²) in [5.41, 5.74) is 1.50. The molecule has 1 aliphatic carbocycles. The lowest BCUT2D eigenvalue weighted by molar-refractivity contribution is -0.0875. The van der Waals surface area contributed by atoms with Gasteiger partial charge in [0, 0.05) is 31.0 Å². The van der Waals surface area contributed by atoms with Crippen molar-refractivity contribution in [3.8, 4) is 0 Å². The fourth-order valence-electron chi connectivity index (χ4n) is 4.04. The van der Waals surface area contributed by atoms with Crippen LogP contribution in [0.4, 0.5) is 4.39 Å². The number of aryl methyl sites for hydroxylation is 1. The molecule has 0 unspecified atom stereocenters. The van der Waals surface area contributed by atoms with Gasteiger partial charge < -0.3 is 14.2 Å². The summed E-state index contributed by atoms with van der Waals surface area (Å²) in [7, 11) is 1.88. The van der Waals surface area contributed by atoms with Crippen molar-refractivity contribution in [3.05, 3.63) is 35.8 Å². The van der Waals surface area contributed by atoms with Crippen LogP contribution in [0.1, 0.15) is 49.5 Å². The number of nitrogens with zero attached hydrogens (tertiary/aromatic N) is 2. The zero-order valence-corrected chi connectivity index (χ0v) is 15.6. The van der Waals surface area contributed by atoms with Gasteiger partial charge in [-0.25, -0.2) is 4.39 Å². The Balaban J connectivity index is 1.58. The summed E-state index contributed by atoms with van der Waals surface area (Å²) in [6, 6.07) is 6.47. The fraction of sp³-hybridized carbons (Fsp3) is 0.571. The molecule has 1 aliphatic heterocycles. The molecule has 140 valence electrons. The topological polar surface area (TPSA) is 34.5 Å². The van der Waals surface area contributed by atoms with E-state index in [1.165, 1.54) is 25.0 Å². The first-order valence-corrected chi connectivity index (χ1v) is 9.76. The van der Waals surface area contributed by atoms with Crippen molar-refractivity contribution in [2.24, 2.45) is 13.0 Å². The highest BCUT2D eigenvalue weighted by molar-refractivity contribution is 5.98. The minimum atomic E-state index is -0.276. The van der Waals surface area contributed by atoms with E-state index in [1.807, 2.05) is 22.6 Å². The summed E-state index contributed by atoms with van der Waals surface area (Å²) < 4.78 is 21.7. The number of hydrogen-bond acceptors (Lipinski definition) is 2. The van der Waals surface area contributed by atoms with Crippen molar-refractivity contribution >= 4 is 16.8 Å². The highest BCUT2D eigenvalue weighted by Crippen LogP contribution is 2.37. The molecule has 0 N–H and O–H groups in total. The van der Waals surface area contributed by atoms with Crippen LogP contribution >= 0.6 is 0 Å². The molecule has 1 aromatic carbocycles. The predicted octanol–water partition coefficient (Wildman–Crippen LogP) is 4.13. The minimum Gasteiger partial charge on any atom is -0.371 e. The van der Waals surface area contributed by atoms with E-state index in [4.69, 9.17) is 4.74 Å². The van der Waals surface area contributed by atoms with E-state index in [1.54, 1.807) is 6.07 Å². The second kappa shape index (κ2) is 7.03. The Bertz CT molecular complexity index is 812. The van der Waals surface area contributed by atoms with Crippen LogP contribution in [0.25, 0.3) is 10.9 Å². The number of carbonyl (C=O) groups excluding carboxylic acids is 1. The Kier molecular flexibility index (Phi) is 4.74. The van der Waals surface area contributed by atoms with Crippen LogP contribution in [0.15, 0.2) is 24.3 Å². The van der Waals surface area contributed by atoms with E-state index >= 15 is 0 Å². The van der Waals surface area contributed by atoms with Gasteiger partial charge in [0.1, 0.15) is 11.5 Å². The number of rotatable bonds is 5. The predicted molar refractivity (Wildman–Crippen MR) is 99.7 cm³/mol. The van der Waals surface area contributed by atoms with Crippen molar-refractivity contribution < 1.29 is 13.9 Å². The molecule has 2 fully saturated rings. The third-order valence-corrected chi connectivity index (χ3v) is 5.73. The number of aromatic nitrogens is 1. The fourth-order valence-corrected chi connectivity index (χ4v) is 4.04. The number of fused-ring (bicyclic) bond motifs is 1. The van der Waals surface area contributed by atoms with E-state index in [-0.39, 0.29) is 23.9 Å². The molecule has 1 amide bonds. The molecule has 1 saturated heterocycles. The molecule has 2 aliphatic rings. The molecule has 4 nitrogen and oxygen atoms in total. The molecule has 0 spiro atoms. The Morgan fingerprint density at radius 1 is 1.27 bits per heavy atom. The van der Waals surface area contributed by atoms with Crippen LogP contribution in [0.3, 0.4) is 0 Å². The van der Waals surface area contributed by atoms with Crippen molar-refractivity contribution in [1.29, 1.82) is 0 Å². The number of amides is 1. The molecule has 0 radical (unpaired) electrons. The second-order valence-corrected chi connectivity index (χ2v) is 7.78. The van der Waals surface area contributed by atoms with Gasteiger partial charge in [-0.15, -0.1) is 0 Å². The van der Waals surface area contributed by atoms with Crippen molar-refractivity contribution in [2.45, 2.75) is 51.2 Å². The Morgan fingerprint density at radius 3 is 2.81 bits per heavy atom. The van der Waals surface area contributed by atoms with Gasteiger partial charge in [0.05, 0.1) is 12.2 Å². The maximum absolute atomic E-state index is 13.5. The van der Waals surface area contributed by atoms with Crippen LogP contribution in [0.5, 0.6) is 0 Å². The maximum atomic E-state index is 13.5. The number of morpholine rings is 1. The number of benzene rings is 1. The normalized spacial score (nSPS) is 23.6. The van der Waals surface area contributed by atoms with Gasteiger partial charge in [-0.3, -0.25) is 4.79 Å². The van der Waals surface area contributed by atoms with Gasteiger partial charge in [0.15, 0.2) is 0 Å². The molecular weight excluding hydrogens is 331 g/mol. The van der Waals surface area contributed by atoms with Gasteiger partial charge in [-0.1, -0.05) is 19.8 Å². The van der Waals surface area contributed by atoms with Gasteiger partial charge >= 0.3 is 0 Å². The number of ether oxygens (including phenoxy) is 1. The number of hydrogen-bond donors (Lipinski definition) is 0. The van der Waals surface area contributed by atoms with Gasteiger partial charge in [-0.2, -0.15) is 0 Å². The van der Waals surface area contributed by atoms with Crippen LogP contribution < -0.4 is 0 Å². The second-order valence-electron chi connectivity index (χ2n) is 7.78. The smallest absolute Gasteiger partial charge is 0.270 e. The highest BCUT2D eigenvalue weighted by Gasteiger charge is 2.40. The first-order chi connectivity index (χ1) is 12.6. The standard InChI is InChI=1S/C21H27FN2O2/c1-3-4-5-17-12-24(13-20(26-17)14-6-7-14)21(25)19-11-15-10-16(22)8-9-18(15)23(19)2/h8-11,14,17,20H,3-7,12-13H2,1-2H3/t17-,20-/m1/s1. The number of unbranched alkanes of at least 4 members (excludes halogenated alkanes) is 1. The van der Waals surface area contributed by atoms with Crippen LogP contribution in [0.2, 0.25) is 0 Å². The van der Waals surface area contributed by atoms with Gasteiger partial charge in [0.2, 0.25) is 0 Å². The molecule has 1 aromatic heterocycles. The zero-order chi connectivity index (χ0) is 18.3. The van der Waals surface area contributed by atoms with Crippen molar-refractivity contribution in [1.82, 2.24) is 9.47 Å². The van der Waals surface area contributed by atoms with Crippen LogP contribution in [-0.2, 0) is 11.8 Å². The van der Waals surface area contributed by atoms with Gasteiger partial charge in [0.25, 0.3) is 5.91 Å². The van der Waals surface area contributed by atoms with Gasteiger partial charge in [-0.05, 0) is 49.4 Å². The monoisotopic (exact) mass is 358 g/mol. The minimum absolute atomic E-state index is 0.0274. The largest absolute Gasteiger partial charge is 0.371 e. The summed E-state index contributed by atoms with van der Waals surface area (Å²) >= 11 is 0. The van der Waals surface area contributed by atoms with E-state index in [0.717, 1.165) is 30.2 Å². The van der Waals surface area contributed by atoms with Crippen LogP contribution in [0, 0.1) is 11.7 Å². The molecule has 26 heavy (non-hydrogen) atoms. The summed E-state index contributed by atoms with van der Waals surface area (Å²) in [4.78, 5) is 15.2. The SMILES string of the molecule is CCCC[C@@H]1CN(C(=O)c2cc3cc(F)ccc3n2C)C[C@H](C2CC2)O1. The quantitative estimate of drug-likeness (QED) is 0.805.